The lowest BCUT2D eigenvalue weighted by Crippen LogP contribution is -2.37. The zero-order valence-electron chi connectivity index (χ0n) is 9.21. The molecule has 0 atom stereocenters. The molecule has 0 aromatic heterocycles. The Labute approximate surface area is 103 Å². The number of hydrogen-bond acceptors (Lipinski definition) is 2. The maximum absolute atomic E-state index is 13.4. The van der Waals surface area contributed by atoms with Crippen molar-refractivity contribution in [1.29, 1.82) is 0 Å². The molecule has 1 N–H and O–H groups in total. The summed E-state index contributed by atoms with van der Waals surface area (Å²) in [5, 5.41) is 2.74. The van der Waals surface area contributed by atoms with Gasteiger partial charge < -0.3 is 5.32 Å². The summed E-state index contributed by atoms with van der Waals surface area (Å²) in [7, 11) is 0. The topological polar surface area (TPSA) is 29.1 Å². The van der Waals surface area contributed by atoms with Gasteiger partial charge in [0.1, 0.15) is 0 Å². The van der Waals surface area contributed by atoms with Crippen LogP contribution in [0.4, 0.5) is 8.78 Å². The van der Waals surface area contributed by atoms with Crippen molar-refractivity contribution in [3.8, 4) is 0 Å². The van der Waals surface area contributed by atoms with Gasteiger partial charge in [-0.25, -0.2) is 8.78 Å². The first-order valence-electron chi connectivity index (χ1n) is 5.51. The molecule has 1 saturated heterocycles. The Hall–Kier alpha value is -1.10. The van der Waals surface area contributed by atoms with Gasteiger partial charge in [0.05, 0.1) is 5.56 Å². The van der Waals surface area contributed by atoms with Gasteiger partial charge >= 0.3 is 0 Å². The molecule has 1 aromatic carbocycles. The van der Waals surface area contributed by atoms with Crippen molar-refractivity contribution in [3.63, 3.8) is 0 Å². The minimum atomic E-state index is -1.07. The number of benzene rings is 1. The van der Waals surface area contributed by atoms with Gasteiger partial charge in [-0.05, 0) is 36.5 Å². The van der Waals surface area contributed by atoms with Crippen LogP contribution in [-0.4, -0.2) is 23.5 Å². The maximum atomic E-state index is 13.4. The molecule has 1 aromatic rings. The number of nitrogens with one attached hydrogen (secondary N) is 1. The Morgan fingerprint density at radius 2 is 2.00 bits per heavy atom. The average molecular weight is 257 g/mol. The Morgan fingerprint density at radius 3 is 2.71 bits per heavy atom. The number of thioether (sulfide) groups is 1. The van der Waals surface area contributed by atoms with Gasteiger partial charge in [0, 0.05) is 6.04 Å². The van der Waals surface area contributed by atoms with E-state index in [0.717, 1.165) is 30.4 Å². The van der Waals surface area contributed by atoms with Crippen molar-refractivity contribution in [2.75, 3.05) is 11.5 Å². The van der Waals surface area contributed by atoms with Crippen LogP contribution in [0.5, 0.6) is 0 Å². The van der Waals surface area contributed by atoms with Gasteiger partial charge in [-0.2, -0.15) is 11.8 Å². The molecule has 2 nitrogen and oxygen atoms in total. The van der Waals surface area contributed by atoms with Crippen molar-refractivity contribution >= 4 is 17.7 Å². The first-order valence-corrected chi connectivity index (χ1v) is 6.66. The zero-order valence-corrected chi connectivity index (χ0v) is 10.0. The predicted molar refractivity (Wildman–Crippen MR) is 64.2 cm³/mol. The smallest absolute Gasteiger partial charge is 0.254 e. The fraction of sp³-hybridized carbons (Fsp3) is 0.417. The molecule has 2 rings (SSSR count). The number of amides is 1. The molecule has 5 heteroatoms. The van der Waals surface area contributed by atoms with Crippen LogP contribution in [-0.2, 0) is 0 Å². The second-order valence-electron chi connectivity index (χ2n) is 3.96. The number of carbonyl (C=O) groups is 1. The molecule has 0 saturated carbocycles. The molecule has 0 bridgehead atoms. The monoisotopic (exact) mass is 257 g/mol. The van der Waals surface area contributed by atoms with Gasteiger partial charge in [-0.15, -0.1) is 0 Å². The van der Waals surface area contributed by atoms with Crippen LogP contribution in [0.3, 0.4) is 0 Å². The van der Waals surface area contributed by atoms with Crippen molar-refractivity contribution in [3.05, 3.63) is 35.4 Å². The summed E-state index contributed by atoms with van der Waals surface area (Å²) in [4.78, 5) is 11.8. The van der Waals surface area contributed by atoms with Crippen LogP contribution < -0.4 is 5.32 Å². The summed E-state index contributed by atoms with van der Waals surface area (Å²) in [5.41, 5.74) is -0.219. The fourth-order valence-corrected chi connectivity index (χ4v) is 2.89. The zero-order chi connectivity index (χ0) is 12.3. The molecule has 92 valence electrons. The summed E-state index contributed by atoms with van der Waals surface area (Å²) in [6.45, 7) is 0. The summed E-state index contributed by atoms with van der Waals surface area (Å²) in [5.74, 6) is -0.599. The van der Waals surface area contributed by atoms with E-state index in [9.17, 15) is 13.6 Å². The predicted octanol–water partition coefficient (Wildman–Crippen LogP) is 2.59. The summed E-state index contributed by atoms with van der Waals surface area (Å²) < 4.78 is 26.3. The van der Waals surface area contributed by atoms with Gasteiger partial charge in [0.2, 0.25) is 0 Å². The summed E-state index contributed by atoms with van der Waals surface area (Å²) in [6, 6.07) is 3.71. The Morgan fingerprint density at radius 1 is 1.29 bits per heavy atom. The second kappa shape index (κ2) is 5.49. The largest absolute Gasteiger partial charge is 0.349 e. The van der Waals surface area contributed by atoms with Crippen molar-refractivity contribution in [2.45, 2.75) is 18.9 Å². The van der Waals surface area contributed by atoms with Crippen LogP contribution in [0, 0.1) is 11.6 Å². The molecule has 1 amide bonds. The van der Waals surface area contributed by atoms with Crippen molar-refractivity contribution in [2.24, 2.45) is 0 Å². The highest BCUT2D eigenvalue weighted by molar-refractivity contribution is 7.99. The normalized spacial score (nSPS) is 16.8. The third kappa shape index (κ3) is 2.97. The van der Waals surface area contributed by atoms with Crippen molar-refractivity contribution in [1.82, 2.24) is 5.32 Å². The van der Waals surface area contributed by atoms with E-state index in [0.29, 0.717) is 0 Å². The molecule has 0 unspecified atom stereocenters. The highest BCUT2D eigenvalue weighted by atomic mass is 32.2. The van der Waals surface area contributed by atoms with Gasteiger partial charge in [0.15, 0.2) is 11.6 Å². The molecule has 17 heavy (non-hydrogen) atoms. The average Bonchev–Trinajstić information content (AvgIpc) is 2.34. The summed E-state index contributed by atoms with van der Waals surface area (Å²) in [6.07, 6.45) is 1.76. The number of halogens is 2. The highest BCUT2D eigenvalue weighted by Gasteiger charge is 2.20. The van der Waals surface area contributed by atoms with E-state index in [2.05, 4.69) is 5.32 Å². The van der Waals surface area contributed by atoms with E-state index in [1.807, 2.05) is 11.8 Å². The van der Waals surface area contributed by atoms with E-state index < -0.39 is 17.5 Å². The Kier molecular flexibility index (Phi) is 3.99. The van der Waals surface area contributed by atoms with E-state index in [1.54, 1.807) is 0 Å². The number of carbonyl (C=O) groups excluding carboxylic acids is 1. The third-order valence-corrected chi connectivity index (χ3v) is 3.80. The lowest BCUT2D eigenvalue weighted by molar-refractivity contribution is 0.0929. The molecule has 1 aliphatic rings. The van der Waals surface area contributed by atoms with Crippen LogP contribution in [0.2, 0.25) is 0 Å². The molecule has 1 fully saturated rings. The summed E-state index contributed by atoms with van der Waals surface area (Å²) >= 11 is 1.84. The first kappa shape index (κ1) is 12.4. The number of rotatable bonds is 2. The standard InChI is InChI=1S/C12H13F2NOS/c13-10-3-1-2-9(11(10)14)12(16)15-8-4-6-17-7-5-8/h1-3,8H,4-7H2,(H,15,16). The van der Waals surface area contributed by atoms with E-state index in [4.69, 9.17) is 0 Å². The maximum Gasteiger partial charge on any atom is 0.254 e. The van der Waals surface area contributed by atoms with Gasteiger partial charge in [0.25, 0.3) is 5.91 Å². The molecular formula is C12H13F2NOS. The lowest BCUT2D eigenvalue weighted by Gasteiger charge is -2.22. The lowest BCUT2D eigenvalue weighted by atomic mass is 10.1. The second-order valence-corrected chi connectivity index (χ2v) is 5.19. The Bertz CT molecular complexity index is 419. The fourth-order valence-electron chi connectivity index (χ4n) is 1.78. The van der Waals surface area contributed by atoms with E-state index in [1.165, 1.54) is 12.1 Å². The first-order chi connectivity index (χ1) is 8.18. The molecule has 0 aliphatic carbocycles. The highest BCUT2D eigenvalue weighted by Crippen LogP contribution is 2.18. The quantitative estimate of drug-likeness (QED) is 0.882. The van der Waals surface area contributed by atoms with E-state index in [-0.39, 0.29) is 11.6 Å². The van der Waals surface area contributed by atoms with Crippen molar-refractivity contribution < 1.29 is 13.6 Å². The SMILES string of the molecule is O=C(NC1CCSCC1)c1cccc(F)c1F. The minimum Gasteiger partial charge on any atom is -0.349 e. The molecule has 1 heterocycles. The molecular weight excluding hydrogens is 244 g/mol. The van der Waals surface area contributed by atoms with Gasteiger partial charge in [-0.3, -0.25) is 4.79 Å². The number of hydrogen-bond donors (Lipinski definition) is 1. The third-order valence-electron chi connectivity index (χ3n) is 2.75. The Balaban J connectivity index is 2.06. The van der Waals surface area contributed by atoms with Crippen LogP contribution in [0.25, 0.3) is 0 Å². The molecule has 0 spiro atoms. The van der Waals surface area contributed by atoms with Crippen LogP contribution in [0.15, 0.2) is 18.2 Å². The minimum absolute atomic E-state index is 0.0754. The molecule has 0 radical (unpaired) electrons. The van der Waals surface area contributed by atoms with E-state index >= 15 is 0 Å². The molecule has 1 aliphatic heterocycles. The van der Waals surface area contributed by atoms with Crippen LogP contribution >= 0.6 is 11.8 Å². The van der Waals surface area contributed by atoms with Crippen LogP contribution in [0.1, 0.15) is 23.2 Å². The van der Waals surface area contributed by atoms with Gasteiger partial charge in [-0.1, -0.05) is 6.07 Å².